The van der Waals surface area contributed by atoms with Crippen LogP contribution in [-0.4, -0.2) is 50.1 Å². The minimum atomic E-state index is -0.248. The van der Waals surface area contributed by atoms with E-state index >= 15 is 0 Å². The summed E-state index contributed by atoms with van der Waals surface area (Å²) in [6.45, 7) is 7.01. The van der Waals surface area contributed by atoms with E-state index in [1.54, 1.807) is 6.92 Å². The van der Waals surface area contributed by atoms with Gasteiger partial charge in [-0.2, -0.15) is 0 Å². The number of rotatable bonds is 9. The van der Waals surface area contributed by atoms with Crippen LogP contribution in [0.15, 0.2) is 0 Å². The quantitative estimate of drug-likeness (QED) is 0.509. The van der Waals surface area contributed by atoms with Crippen LogP contribution < -0.4 is 5.32 Å². The van der Waals surface area contributed by atoms with Gasteiger partial charge in [0.25, 0.3) is 0 Å². The van der Waals surface area contributed by atoms with Crippen molar-refractivity contribution in [2.75, 3.05) is 27.2 Å². The van der Waals surface area contributed by atoms with Crippen molar-refractivity contribution in [2.24, 2.45) is 5.92 Å². The van der Waals surface area contributed by atoms with Gasteiger partial charge in [-0.05, 0) is 20.4 Å². The third kappa shape index (κ3) is 7.15. The molecule has 19 heavy (non-hydrogen) atoms. The second-order valence-corrected chi connectivity index (χ2v) is 5.04. The fourth-order valence-corrected chi connectivity index (χ4v) is 1.80. The average Bonchev–Trinajstić information content (AvgIpc) is 2.41. The van der Waals surface area contributed by atoms with E-state index in [-0.39, 0.29) is 23.8 Å². The van der Waals surface area contributed by atoms with Crippen molar-refractivity contribution in [3.8, 4) is 0 Å². The van der Waals surface area contributed by atoms with Crippen LogP contribution in [0.4, 0.5) is 0 Å². The van der Waals surface area contributed by atoms with E-state index in [0.29, 0.717) is 6.54 Å². The largest absolute Gasteiger partial charge is 0.469 e. The Morgan fingerprint density at radius 3 is 2.42 bits per heavy atom. The highest BCUT2D eigenvalue weighted by molar-refractivity contribution is 5.81. The molecule has 0 bridgehead atoms. The van der Waals surface area contributed by atoms with Crippen molar-refractivity contribution in [3.63, 3.8) is 0 Å². The minimum absolute atomic E-state index is 0.00988. The highest BCUT2D eigenvalue weighted by atomic mass is 16.5. The van der Waals surface area contributed by atoms with E-state index in [0.717, 1.165) is 25.8 Å². The molecular weight excluding hydrogens is 244 g/mol. The van der Waals surface area contributed by atoms with Crippen LogP contribution in [0, 0.1) is 5.92 Å². The molecule has 2 unspecified atom stereocenters. The Morgan fingerprint density at radius 1 is 1.26 bits per heavy atom. The fraction of sp³-hybridized carbons (Fsp3) is 0.857. The van der Waals surface area contributed by atoms with E-state index in [1.807, 2.05) is 18.9 Å². The summed E-state index contributed by atoms with van der Waals surface area (Å²) in [5.41, 5.74) is 0. The summed E-state index contributed by atoms with van der Waals surface area (Å²) in [6, 6.07) is -0.242. The first kappa shape index (κ1) is 17.9. The average molecular weight is 272 g/mol. The highest BCUT2D eigenvalue weighted by Gasteiger charge is 2.22. The summed E-state index contributed by atoms with van der Waals surface area (Å²) >= 11 is 0. The lowest BCUT2D eigenvalue weighted by molar-refractivity contribution is -0.146. The molecule has 2 atom stereocenters. The normalized spacial score (nSPS) is 14.0. The first-order valence-corrected chi connectivity index (χ1v) is 6.99. The Labute approximate surface area is 116 Å². The van der Waals surface area contributed by atoms with Crippen molar-refractivity contribution in [1.82, 2.24) is 10.2 Å². The number of nitrogens with one attached hydrogen (secondary N) is 1. The number of ether oxygens (including phenoxy) is 1. The maximum atomic E-state index is 11.9. The molecule has 0 saturated heterocycles. The molecule has 0 aliphatic heterocycles. The van der Waals surface area contributed by atoms with Gasteiger partial charge >= 0.3 is 5.97 Å². The first-order chi connectivity index (χ1) is 8.93. The lowest BCUT2D eigenvalue weighted by Gasteiger charge is -2.25. The lowest BCUT2D eigenvalue weighted by Crippen LogP contribution is -2.45. The van der Waals surface area contributed by atoms with Gasteiger partial charge in [-0.25, -0.2) is 0 Å². The molecule has 1 N–H and O–H groups in total. The van der Waals surface area contributed by atoms with Crippen LogP contribution in [0.5, 0.6) is 0 Å². The zero-order chi connectivity index (χ0) is 14.8. The van der Waals surface area contributed by atoms with Gasteiger partial charge in [0.05, 0.1) is 19.1 Å². The molecule has 1 amide bonds. The molecule has 0 heterocycles. The smallest absolute Gasteiger partial charge is 0.309 e. The van der Waals surface area contributed by atoms with E-state index in [4.69, 9.17) is 0 Å². The maximum absolute atomic E-state index is 11.9. The molecule has 0 aromatic carbocycles. The summed E-state index contributed by atoms with van der Waals surface area (Å²) < 4.78 is 4.68. The van der Waals surface area contributed by atoms with Crippen molar-refractivity contribution in [2.45, 2.75) is 46.1 Å². The summed E-state index contributed by atoms with van der Waals surface area (Å²) in [4.78, 5) is 25.1. The van der Waals surface area contributed by atoms with Crippen molar-refractivity contribution < 1.29 is 14.3 Å². The van der Waals surface area contributed by atoms with Gasteiger partial charge in [-0.15, -0.1) is 0 Å². The second-order valence-electron chi connectivity index (χ2n) is 5.04. The molecule has 0 radical (unpaired) electrons. The van der Waals surface area contributed by atoms with Gasteiger partial charge in [0.2, 0.25) is 5.91 Å². The Bertz CT molecular complexity index is 282. The molecule has 0 aromatic heterocycles. The summed E-state index contributed by atoms with van der Waals surface area (Å²) in [7, 11) is 3.22. The van der Waals surface area contributed by atoms with E-state index < -0.39 is 0 Å². The Morgan fingerprint density at radius 2 is 1.89 bits per heavy atom. The highest BCUT2D eigenvalue weighted by Crippen LogP contribution is 2.04. The standard InChI is InChI=1S/C14H28N2O3/c1-6-7-8-9-15-13(17)12(3)16(4)10-11(2)14(18)19-5/h11-12H,6-10H2,1-5H3,(H,15,17). The predicted molar refractivity (Wildman–Crippen MR) is 75.8 cm³/mol. The van der Waals surface area contributed by atoms with E-state index in [1.165, 1.54) is 7.11 Å². The van der Waals surface area contributed by atoms with Crippen LogP contribution >= 0.6 is 0 Å². The van der Waals surface area contributed by atoms with Gasteiger partial charge in [0.1, 0.15) is 0 Å². The molecular formula is C14H28N2O3. The Kier molecular flexibility index (Phi) is 9.21. The molecule has 0 aliphatic carbocycles. The van der Waals surface area contributed by atoms with Crippen LogP contribution in [0.2, 0.25) is 0 Å². The molecule has 0 rings (SSSR count). The van der Waals surface area contributed by atoms with Crippen LogP contribution in [0.3, 0.4) is 0 Å². The monoisotopic (exact) mass is 272 g/mol. The molecule has 0 fully saturated rings. The lowest BCUT2D eigenvalue weighted by atomic mass is 10.1. The van der Waals surface area contributed by atoms with Gasteiger partial charge in [-0.1, -0.05) is 26.7 Å². The van der Waals surface area contributed by atoms with Gasteiger partial charge in [0.15, 0.2) is 0 Å². The molecule has 0 aromatic rings. The molecule has 0 spiro atoms. The summed E-state index contributed by atoms with van der Waals surface area (Å²) in [5, 5.41) is 2.92. The number of hydrogen-bond acceptors (Lipinski definition) is 4. The number of hydrogen-bond donors (Lipinski definition) is 1. The van der Waals surface area contributed by atoms with Gasteiger partial charge < -0.3 is 10.1 Å². The summed E-state index contributed by atoms with van der Waals surface area (Å²) in [5.74, 6) is -0.469. The van der Waals surface area contributed by atoms with Crippen molar-refractivity contribution in [1.29, 1.82) is 0 Å². The number of carbonyl (C=O) groups is 2. The summed E-state index contributed by atoms with van der Waals surface area (Å²) in [6.07, 6.45) is 3.28. The van der Waals surface area contributed by atoms with Gasteiger partial charge in [0, 0.05) is 13.1 Å². The minimum Gasteiger partial charge on any atom is -0.469 e. The fourth-order valence-electron chi connectivity index (χ4n) is 1.80. The van der Waals surface area contributed by atoms with E-state index in [9.17, 15) is 9.59 Å². The molecule has 112 valence electrons. The Balaban J connectivity index is 4.06. The first-order valence-electron chi connectivity index (χ1n) is 6.99. The predicted octanol–water partition coefficient (Wildman–Crippen LogP) is 1.42. The molecule has 5 heteroatoms. The number of nitrogens with zero attached hydrogens (tertiary/aromatic N) is 1. The zero-order valence-electron chi connectivity index (χ0n) is 12.9. The molecule has 0 saturated carbocycles. The molecule has 5 nitrogen and oxygen atoms in total. The number of methoxy groups -OCH3 is 1. The van der Waals surface area contributed by atoms with Crippen LogP contribution in [0.25, 0.3) is 0 Å². The SMILES string of the molecule is CCCCCNC(=O)C(C)N(C)CC(C)C(=O)OC. The number of esters is 1. The van der Waals surface area contributed by atoms with Crippen molar-refractivity contribution >= 4 is 11.9 Å². The Hall–Kier alpha value is -1.10. The third-order valence-electron chi connectivity index (χ3n) is 3.29. The molecule has 0 aliphatic rings. The zero-order valence-corrected chi connectivity index (χ0v) is 12.9. The van der Waals surface area contributed by atoms with Crippen LogP contribution in [0.1, 0.15) is 40.0 Å². The van der Waals surface area contributed by atoms with Crippen LogP contribution in [-0.2, 0) is 14.3 Å². The topological polar surface area (TPSA) is 58.6 Å². The maximum Gasteiger partial charge on any atom is 0.309 e. The van der Waals surface area contributed by atoms with Crippen molar-refractivity contribution in [3.05, 3.63) is 0 Å². The number of amides is 1. The number of unbranched alkanes of at least 4 members (excludes halogenated alkanes) is 2. The second kappa shape index (κ2) is 9.78. The van der Waals surface area contributed by atoms with Gasteiger partial charge in [-0.3, -0.25) is 14.5 Å². The third-order valence-corrected chi connectivity index (χ3v) is 3.29. The number of carbonyl (C=O) groups excluding carboxylic acids is 2. The number of likely N-dealkylation sites (N-methyl/N-ethyl adjacent to an activating group) is 1. The van der Waals surface area contributed by atoms with E-state index in [2.05, 4.69) is 17.0 Å².